The number of halogens is 1. The number of nitrogens with zero attached hydrogens (tertiary/aromatic N) is 1. The fraction of sp³-hybridized carbons (Fsp3) is 0.158. The van der Waals surface area contributed by atoms with E-state index < -0.39 is 0 Å². The summed E-state index contributed by atoms with van der Waals surface area (Å²) in [7, 11) is 0. The van der Waals surface area contributed by atoms with Gasteiger partial charge in [-0.3, -0.25) is 9.69 Å². The zero-order chi connectivity index (χ0) is 17.8. The maximum absolute atomic E-state index is 12.3. The minimum absolute atomic E-state index is 0.191. The minimum atomic E-state index is -0.349. The summed E-state index contributed by atoms with van der Waals surface area (Å²) in [5, 5.41) is 3.49. The van der Waals surface area contributed by atoms with Crippen molar-refractivity contribution in [3.63, 3.8) is 0 Å². The van der Waals surface area contributed by atoms with Crippen LogP contribution in [-0.2, 0) is 9.53 Å². The molecule has 1 fully saturated rings. The van der Waals surface area contributed by atoms with Gasteiger partial charge in [-0.25, -0.2) is 4.79 Å². The Labute approximate surface area is 150 Å². The molecule has 1 heterocycles. The average Bonchev–Trinajstić information content (AvgIpc) is 3.03. The number of nitrogens with one attached hydrogen (secondary N) is 1. The van der Waals surface area contributed by atoms with Crippen LogP contribution in [0.4, 0.5) is 16.2 Å². The molecule has 0 saturated carbocycles. The molecule has 3 rings (SSSR count). The molecule has 0 radical (unpaired) electrons. The summed E-state index contributed by atoms with van der Waals surface area (Å²) in [6, 6.07) is 14.3. The van der Waals surface area contributed by atoms with E-state index in [1.165, 1.54) is 0 Å². The Balaban J connectivity index is 1.66. The molecule has 1 saturated heterocycles. The van der Waals surface area contributed by atoms with Gasteiger partial charge in [0.2, 0.25) is 0 Å². The van der Waals surface area contributed by atoms with Crippen molar-refractivity contribution >= 4 is 41.1 Å². The van der Waals surface area contributed by atoms with Crippen molar-refractivity contribution in [3.8, 4) is 0 Å². The van der Waals surface area contributed by atoms with Gasteiger partial charge in [0.15, 0.2) is 0 Å². The molecule has 0 aliphatic carbocycles. The monoisotopic (exact) mass is 356 g/mol. The number of rotatable bonds is 4. The standard InChI is InChI=1S/C19H17ClN2O3/c1-13(12-14-2-4-15(20)5-3-14)18(23)21-16-6-8-17(9-7-16)22-10-11-25-19(22)24/h2-9,12H,10-11H2,1H3,(H,21,23)/b13-12+. The highest BCUT2D eigenvalue weighted by molar-refractivity contribution is 6.30. The zero-order valence-corrected chi connectivity index (χ0v) is 14.4. The first kappa shape index (κ1) is 17.0. The summed E-state index contributed by atoms with van der Waals surface area (Å²) in [5.74, 6) is -0.191. The summed E-state index contributed by atoms with van der Waals surface area (Å²) in [5.41, 5.74) is 2.88. The quantitative estimate of drug-likeness (QED) is 0.829. The molecule has 2 aromatic carbocycles. The van der Waals surface area contributed by atoms with Crippen LogP contribution in [0.15, 0.2) is 54.1 Å². The maximum atomic E-state index is 12.3. The third kappa shape index (κ3) is 4.19. The van der Waals surface area contributed by atoms with E-state index in [0.717, 1.165) is 11.3 Å². The number of carbonyl (C=O) groups is 2. The lowest BCUT2D eigenvalue weighted by molar-refractivity contribution is -0.112. The number of ether oxygens (including phenoxy) is 1. The van der Waals surface area contributed by atoms with Crippen molar-refractivity contribution in [2.24, 2.45) is 0 Å². The number of carbonyl (C=O) groups excluding carboxylic acids is 2. The van der Waals surface area contributed by atoms with Crippen molar-refractivity contribution in [3.05, 3.63) is 64.7 Å². The minimum Gasteiger partial charge on any atom is -0.447 e. The van der Waals surface area contributed by atoms with Gasteiger partial charge in [-0.2, -0.15) is 0 Å². The third-order valence-electron chi connectivity index (χ3n) is 3.81. The van der Waals surface area contributed by atoms with E-state index >= 15 is 0 Å². The molecule has 1 aliphatic heterocycles. The molecular formula is C19H17ClN2O3. The topological polar surface area (TPSA) is 58.6 Å². The van der Waals surface area contributed by atoms with Crippen LogP contribution in [0.25, 0.3) is 6.08 Å². The largest absolute Gasteiger partial charge is 0.447 e. The van der Waals surface area contributed by atoms with Gasteiger partial charge in [0.05, 0.1) is 6.54 Å². The lowest BCUT2D eigenvalue weighted by atomic mass is 10.1. The number of hydrogen-bond acceptors (Lipinski definition) is 3. The second kappa shape index (κ2) is 7.40. The number of amides is 2. The first-order chi connectivity index (χ1) is 12.0. The molecular weight excluding hydrogens is 340 g/mol. The highest BCUT2D eigenvalue weighted by atomic mass is 35.5. The molecule has 1 aliphatic rings. The van der Waals surface area contributed by atoms with Crippen LogP contribution in [0.1, 0.15) is 12.5 Å². The van der Waals surface area contributed by atoms with Crippen LogP contribution in [0, 0.1) is 0 Å². The summed E-state index contributed by atoms with van der Waals surface area (Å²) < 4.78 is 4.91. The van der Waals surface area contributed by atoms with Crippen LogP contribution in [0.3, 0.4) is 0 Å². The van der Waals surface area contributed by atoms with Gasteiger partial charge in [0.1, 0.15) is 6.61 Å². The Kier molecular flexibility index (Phi) is 5.05. The van der Waals surface area contributed by atoms with E-state index in [-0.39, 0.29) is 12.0 Å². The number of benzene rings is 2. The molecule has 0 atom stereocenters. The summed E-state index contributed by atoms with van der Waals surface area (Å²) in [4.78, 5) is 25.4. The van der Waals surface area contributed by atoms with E-state index in [1.54, 1.807) is 54.3 Å². The number of cyclic esters (lactones) is 1. The Bertz CT molecular complexity index is 814. The molecule has 1 N–H and O–H groups in total. The van der Waals surface area contributed by atoms with Crippen LogP contribution in [0.5, 0.6) is 0 Å². The predicted molar refractivity (Wildman–Crippen MR) is 98.9 cm³/mol. The summed E-state index contributed by atoms with van der Waals surface area (Å²) >= 11 is 5.85. The Morgan fingerprint density at radius 3 is 2.44 bits per heavy atom. The molecule has 2 aromatic rings. The first-order valence-corrected chi connectivity index (χ1v) is 8.20. The normalized spacial score (nSPS) is 14.4. The predicted octanol–water partition coefficient (Wildman–Crippen LogP) is 4.34. The Hall–Kier alpha value is -2.79. The van der Waals surface area contributed by atoms with Crippen molar-refractivity contribution < 1.29 is 14.3 Å². The summed E-state index contributed by atoms with van der Waals surface area (Å²) in [6.07, 6.45) is 1.44. The van der Waals surface area contributed by atoms with E-state index in [1.807, 2.05) is 12.1 Å². The molecule has 128 valence electrons. The van der Waals surface area contributed by atoms with Crippen molar-refractivity contribution in [1.82, 2.24) is 0 Å². The third-order valence-corrected chi connectivity index (χ3v) is 4.06. The number of anilines is 2. The first-order valence-electron chi connectivity index (χ1n) is 7.82. The zero-order valence-electron chi connectivity index (χ0n) is 13.7. The van der Waals surface area contributed by atoms with Gasteiger partial charge < -0.3 is 10.1 Å². The molecule has 0 bridgehead atoms. The lowest BCUT2D eigenvalue weighted by Crippen LogP contribution is -2.23. The molecule has 25 heavy (non-hydrogen) atoms. The fourth-order valence-electron chi connectivity index (χ4n) is 2.46. The van der Waals surface area contributed by atoms with Crippen LogP contribution in [-0.4, -0.2) is 25.2 Å². The van der Waals surface area contributed by atoms with Gasteiger partial charge >= 0.3 is 6.09 Å². The van der Waals surface area contributed by atoms with E-state index in [4.69, 9.17) is 16.3 Å². The smallest absolute Gasteiger partial charge is 0.414 e. The molecule has 0 spiro atoms. The number of hydrogen-bond donors (Lipinski definition) is 1. The second-order valence-corrected chi connectivity index (χ2v) is 6.08. The van der Waals surface area contributed by atoms with Crippen molar-refractivity contribution in [2.45, 2.75) is 6.92 Å². The molecule has 2 amide bonds. The summed E-state index contributed by atoms with van der Waals surface area (Å²) in [6.45, 7) is 2.68. The second-order valence-electron chi connectivity index (χ2n) is 5.65. The average molecular weight is 357 g/mol. The molecule has 5 nitrogen and oxygen atoms in total. The van der Waals surface area contributed by atoms with Gasteiger partial charge in [0, 0.05) is 22.0 Å². The van der Waals surface area contributed by atoms with Crippen molar-refractivity contribution in [1.29, 1.82) is 0 Å². The van der Waals surface area contributed by atoms with E-state index in [0.29, 0.717) is 29.4 Å². The molecule has 0 aromatic heterocycles. The highest BCUT2D eigenvalue weighted by Gasteiger charge is 2.23. The van der Waals surface area contributed by atoms with Gasteiger partial charge in [-0.05, 0) is 55.0 Å². The van der Waals surface area contributed by atoms with E-state index in [9.17, 15) is 9.59 Å². The maximum Gasteiger partial charge on any atom is 0.414 e. The van der Waals surface area contributed by atoms with Crippen LogP contribution < -0.4 is 10.2 Å². The van der Waals surface area contributed by atoms with Crippen LogP contribution >= 0.6 is 11.6 Å². The fourth-order valence-corrected chi connectivity index (χ4v) is 2.58. The van der Waals surface area contributed by atoms with Gasteiger partial charge in [-0.1, -0.05) is 23.7 Å². The highest BCUT2D eigenvalue weighted by Crippen LogP contribution is 2.21. The van der Waals surface area contributed by atoms with Crippen LogP contribution in [0.2, 0.25) is 5.02 Å². The Morgan fingerprint density at radius 1 is 1.16 bits per heavy atom. The molecule has 0 unspecified atom stereocenters. The Morgan fingerprint density at radius 2 is 1.84 bits per heavy atom. The molecule has 6 heteroatoms. The lowest BCUT2D eigenvalue weighted by Gasteiger charge is -2.13. The van der Waals surface area contributed by atoms with E-state index in [2.05, 4.69) is 5.32 Å². The van der Waals surface area contributed by atoms with Crippen molar-refractivity contribution in [2.75, 3.05) is 23.4 Å². The van der Waals surface area contributed by atoms with Gasteiger partial charge in [0.25, 0.3) is 5.91 Å². The van der Waals surface area contributed by atoms with Gasteiger partial charge in [-0.15, -0.1) is 0 Å². The SMILES string of the molecule is C/C(=C\c1ccc(Cl)cc1)C(=O)Nc1ccc(N2CCOC2=O)cc1.